The van der Waals surface area contributed by atoms with Gasteiger partial charge in [-0.3, -0.25) is 9.59 Å². The molecule has 3 heteroatoms. The minimum Gasteiger partial charge on any atom is -0.465 e. The lowest BCUT2D eigenvalue weighted by atomic mass is 9.93. The average molecular weight is 234 g/mol. The molecule has 0 N–H and O–H groups in total. The second-order valence-corrected chi connectivity index (χ2v) is 4.05. The van der Waals surface area contributed by atoms with Crippen LogP contribution in [0.4, 0.5) is 0 Å². The van der Waals surface area contributed by atoms with Gasteiger partial charge in [0.05, 0.1) is 6.61 Å². The quantitative estimate of drug-likeness (QED) is 0.580. The highest BCUT2D eigenvalue weighted by molar-refractivity contribution is 5.98. The van der Waals surface area contributed by atoms with Crippen molar-refractivity contribution in [1.82, 2.24) is 0 Å². The largest absolute Gasteiger partial charge is 0.465 e. The number of esters is 1. The van der Waals surface area contributed by atoms with E-state index in [1.165, 1.54) is 6.92 Å². The zero-order chi connectivity index (χ0) is 12.8. The Bertz CT molecular complexity index is 410. The van der Waals surface area contributed by atoms with E-state index in [0.29, 0.717) is 13.0 Å². The maximum atomic E-state index is 11.7. The highest BCUT2D eigenvalue weighted by atomic mass is 16.5. The van der Waals surface area contributed by atoms with Crippen molar-refractivity contribution in [2.24, 2.45) is 5.92 Å². The monoisotopic (exact) mass is 234 g/mol. The second-order valence-electron chi connectivity index (χ2n) is 4.05. The first-order chi connectivity index (χ1) is 8.06. The van der Waals surface area contributed by atoms with Crippen LogP contribution in [0.1, 0.15) is 25.0 Å². The Morgan fingerprint density at radius 1 is 1.29 bits per heavy atom. The molecule has 0 radical (unpaired) electrons. The van der Waals surface area contributed by atoms with Crippen molar-refractivity contribution in [2.75, 3.05) is 6.61 Å². The molecule has 1 rings (SSSR count). The van der Waals surface area contributed by atoms with E-state index in [1.807, 2.05) is 31.2 Å². The molecule has 0 saturated heterocycles. The minimum atomic E-state index is -0.684. The molecule has 0 aliphatic carbocycles. The topological polar surface area (TPSA) is 43.4 Å². The van der Waals surface area contributed by atoms with Gasteiger partial charge in [-0.05, 0) is 38.3 Å². The Morgan fingerprint density at radius 3 is 2.47 bits per heavy atom. The summed E-state index contributed by atoms with van der Waals surface area (Å²) in [5.41, 5.74) is 2.10. The Labute approximate surface area is 102 Å². The molecule has 1 atom stereocenters. The number of aryl methyl sites for hydroxylation is 1. The summed E-state index contributed by atoms with van der Waals surface area (Å²) in [5.74, 6) is -1.26. The number of carbonyl (C=O) groups excluding carboxylic acids is 2. The van der Waals surface area contributed by atoms with Gasteiger partial charge in [0.15, 0.2) is 0 Å². The van der Waals surface area contributed by atoms with E-state index in [2.05, 4.69) is 0 Å². The van der Waals surface area contributed by atoms with E-state index < -0.39 is 11.9 Å². The maximum Gasteiger partial charge on any atom is 0.316 e. The molecule has 1 aromatic carbocycles. The van der Waals surface area contributed by atoms with Crippen molar-refractivity contribution in [3.8, 4) is 0 Å². The van der Waals surface area contributed by atoms with Crippen LogP contribution in [0.25, 0.3) is 0 Å². The molecule has 1 aromatic rings. The molecule has 0 aliphatic heterocycles. The maximum absolute atomic E-state index is 11.7. The molecule has 0 fully saturated rings. The fraction of sp³-hybridized carbons (Fsp3) is 0.429. The van der Waals surface area contributed by atoms with Crippen molar-refractivity contribution in [2.45, 2.75) is 27.2 Å². The molecule has 0 aromatic heterocycles. The summed E-state index contributed by atoms with van der Waals surface area (Å²) in [6, 6.07) is 7.75. The van der Waals surface area contributed by atoms with E-state index in [9.17, 15) is 9.59 Å². The van der Waals surface area contributed by atoms with Crippen LogP contribution in [0.2, 0.25) is 0 Å². The van der Waals surface area contributed by atoms with E-state index in [-0.39, 0.29) is 5.78 Å². The number of Topliss-reactive ketones (excluding diaryl/α,β-unsaturated/α-hetero) is 1. The van der Waals surface area contributed by atoms with Gasteiger partial charge in [0.2, 0.25) is 0 Å². The first-order valence-corrected chi connectivity index (χ1v) is 5.77. The van der Waals surface area contributed by atoms with Crippen LogP contribution in [0.5, 0.6) is 0 Å². The van der Waals surface area contributed by atoms with Crippen molar-refractivity contribution in [1.29, 1.82) is 0 Å². The summed E-state index contributed by atoms with van der Waals surface area (Å²) in [5, 5.41) is 0. The van der Waals surface area contributed by atoms with E-state index in [0.717, 1.165) is 11.1 Å². The highest BCUT2D eigenvalue weighted by Gasteiger charge is 2.25. The van der Waals surface area contributed by atoms with E-state index in [1.54, 1.807) is 6.92 Å². The number of ether oxygens (including phenoxy) is 1. The molecular formula is C14H18O3. The third-order valence-electron chi connectivity index (χ3n) is 2.75. The van der Waals surface area contributed by atoms with Crippen LogP contribution in [0.3, 0.4) is 0 Å². The first-order valence-electron chi connectivity index (χ1n) is 5.77. The van der Waals surface area contributed by atoms with Gasteiger partial charge >= 0.3 is 5.97 Å². The molecule has 17 heavy (non-hydrogen) atoms. The number of carbonyl (C=O) groups is 2. The second kappa shape index (κ2) is 6.18. The van der Waals surface area contributed by atoms with Gasteiger partial charge in [-0.25, -0.2) is 0 Å². The lowest BCUT2D eigenvalue weighted by Crippen LogP contribution is -2.26. The van der Waals surface area contributed by atoms with Crippen molar-refractivity contribution >= 4 is 11.8 Å². The summed E-state index contributed by atoms with van der Waals surface area (Å²) >= 11 is 0. The smallest absolute Gasteiger partial charge is 0.316 e. The van der Waals surface area contributed by atoms with E-state index in [4.69, 9.17) is 4.74 Å². The number of ketones is 1. The minimum absolute atomic E-state index is 0.147. The SMILES string of the molecule is CCOC(=O)[C@@H](Cc1ccccc1C)C(C)=O. The average Bonchev–Trinajstić information content (AvgIpc) is 2.27. The molecule has 0 amide bonds. The van der Waals surface area contributed by atoms with Crippen LogP contribution >= 0.6 is 0 Å². The molecule has 3 nitrogen and oxygen atoms in total. The molecule has 0 unspecified atom stereocenters. The van der Waals surface area contributed by atoms with Crippen molar-refractivity contribution in [3.05, 3.63) is 35.4 Å². The summed E-state index contributed by atoms with van der Waals surface area (Å²) in [4.78, 5) is 23.1. The summed E-state index contributed by atoms with van der Waals surface area (Å²) in [7, 11) is 0. The lowest BCUT2D eigenvalue weighted by Gasteiger charge is -2.13. The Hall–Kier alpha value is -1.64. The van der Waals surface area contributed by atoms with Gasteiger partial charge in [0, 0.05) is 0 Å². The molecule has 0 aliphatic rings. The number of hydrogen-bond acceptors (Lipinski definition) is 3. The summed E-state index contributed by atoms with van der Waals surface area (Å²) in [6.07, 6.45) is 0.418. The van der Waals surface area contributed by atoms with E-state index >= 15 is 0 Å². The Morgan fingerprint density at radius 2 is 1.94 bits per heavy atom. The molecular weight excluding hydrogens is 216 g/mol. The van der Waals surface area contributed by atoms with Gasteiger partial charge in [-0.1, -0.05) is 24.3 Å². The van der Waals surface area contributed by atoms with Gasteiger partial charge < -0.3 is 4.74 Å². The van der Waals surface area contributed by atoms with Crippen LogP contribution < -0.4 is 0 Å². The van der Waals surface area contributed by atoms with Crippen LogP contribution in [-0.2, 0) is 20.7 Å². The number of benzene rings is 1. The normalized spacial score (nSPS) is 11.9. The summed E-state index contributed by atoms with van der Waals surface area (Å²) < 4.78 is 4.92. The molecule has 0 bridgehead atoms. The third kappa shape index (κ3) is 3.70. The van der Waals surface area contributed by atoms with Gasteiger partial charge in [-0.15, -0.1) is 0 Å². The number of hydrogen-bond donors (Lipinski definition) is 0. The zero-order valence-electron chi connectivity index (χ0n) is 10.5. The fourth-order valence-electron chi connectivity index (χ4n) is 1.69. The lowest BCUT2D eigenvalue weighted by molar-refractivity contribution is -0.151. The van der Waals surface area contributed by atoms with Gasteiger partial charge in [0.1, 0.15) is 11.7 Å². The predicted octanol–water partition coefficient (Wildman–Crippen LogP) is 2.31. The zero-order valence-corrected chi connectivity index (χ0v) is 10.5. The van der Waals surface area contributed by atoms with Crippen LogP contribution in [-0.4, -0.2) is 18.4 Å². The molecule has 0 spiro atoms. The van der Waals surface area contributed by atoms with Crippen LogP contribution in [0.15, 0.2) is 24.3 Å². The van der Waals surface area contributed by atoms with Crippen molar-refractivity contribution < 1.29 is 14.3 Å². The fourth-order valence-corrected chi connectivity index (χ4v) is 1.69. The predicted molar refractivity (Wildman–Crippen MR) is 65.7 cm³/mol. The highest BCUT2D eigenvalue weighted by Crippen LogP contribution is 2.15. The van der Waals surface area contributed by atoms with Gasteiger partial charge in [-0.2, -0.15) is 0 Å². The standard InChI is InChI=1S/C14H18O3/c1-4-17-14(16)13(11(3)15)9-12-8-6-5-7-10(12)2/h5-8,13H,4,9H2,1-3H3/t13-/m0/s1. The number of rotatable bonds is 5. The third-order valence-corrected chi connectivity index (χ3v) is 2.75. The molecule has 0 heterocycles. The Kier molecular flexibility index (Phi) is 4.88. The van der Waals surface area contributed by atoms with Crippen molar-refractivity contribution in [3.63, 3.8) is 0 Å². The summed E-state index contributed by atoms with van der Waals surface area (Å²) in [6.45, 7) is 5.44. The molecule has 0 saturated carbocycles. The first kappa shape index (κ1) is 13.4. The Balaban J connectivity index is 2.84. The molecule has 92 valence electrons. The van der Waals surface area contributed by atoms with Crippen LogP contribution in [0, 0.1) is 12.8 Å². The van der Waals surface area contributed by atoms with Gasteiger partial charge in [0.25, 0.3) is 0 Å².